The van der Waals surface area contributed by atoms with E-state index in [1.807, 2.05) is 44.2 Å². The highest BCUT2D eigenvalue weighted by Crippen LogP contribution is 2.24. The molecular formula is C13H15O3-. The van der Waals surface area contributed by atoms with Crippen molar-refractivity contribution in [2.45, 2.75) is 26.4 Å². The fraction of sp³-hybridized carbons (Fsp3) is 0.308. The first-order valence-electron chi connectivity index (χ1n) is 4.98. The lowest BCUT2D eigenvalue weighted by molar-refractivity contribution is -0.326. The number of hydrogen-bond acceptors (Lipinski definition) is 3. The van der Waals surface area contributed by atoms with Gasteiger partial charge in [0, 0.05) is 0 Å². The molecule has 0 spiro atoms. The van der Waals surface area contributed by atoms with Crippen LogP contribution in [0, 0.1) is 6.58 Å². The molecule has 3 nitrogen and oxygen atoms in total. The fourth-order valence-electron chi connectivity index (χ4n) is 1.10. The van der Waals surface area contributed by atoms with Crippen LogP contribution in [0.4, 0.5) is 0 Å². The van der Waals surface area contributed by atoms with Crippen LogP contribution in [0.5, 0.6) is 0 Å². The molecule has 0 aliphatic rings. The SMILES string of the molecule is [CH-]=C(C)C(=O)OOC(C)(C)c1ccccc1. The van der Waals surface area contributed by atoms with E-state index in [0.29, 0.717) is 0 Å². The number of hydrogen-bond donors (Lipinski definition) is 0. The van der Waals surface area contributed by atoms with E-state index in [1.165, 1.54) is 6.92 Å². The maximum atomic E-state index is 11.1. The van der Waals surface area contributed by atoms with Crippen LogP contribution in [-0.2, 0) is 20.2 Å². The molecule has 0 radical (unpaired) electrons. The lowest BCUT2D eigenvalue weighted by Crippen LogP contribution is -2.23. The number of rotatable bonds is 4. The van der Waals surface area contributed by atoms with E-state index in [1.54, 1.807) is 0 Å². The molecule has 0 saturated heterocycles. The zero-order valence-corrected chi connectivity index (χ0v) is 9.69. The first-order valence-corrected chi connectivity index (χ1v) is 4.98. The van der Waals surface area contributed by atoms with E-state index in [-0.39, 0.29) is 5.57 Å². The third-order valence-corrected chi connectivity index (χ3v) is 2.12. The maximum absolute atomic E-state index is 11.1. The average Bonchev–Trinajstić information content (AvgIpc) is 2.27. The van der Waals surface area contributed by atoms with E-state index in [9.17, 15) is 4.79 Å². The van der Waals surface area contributed by atoms with Crippen molar-refractivity contribution in [1.82, 2.24) is 0 Å². The van der Waals surface area contributed by atoms with Gasteiger partial charge in [-0.05, 0) is 19.4 Å². The third kappa shape index (κ3) is 3.21. The molecule has 0 unspecified atom stereocenters. The highest BCUT2D eigenvalue weighted by Gasteiger charge is 2.22. The Morgan fingerprint density at radius 1 is 1.25 bits per heavy atom. The minimum atomic E-state index is -0.702. The van der Waals surface area contributed by atoms with Crippen LogP contribution in [0.3, 0.4) is 0 Å². The smallest absolute Gasteiger partial charge is 0.207 e. The molecule has 16 heavy (non-hydrogen) atoms. The van der Waals surface area contributed by atoms with E-state index in [4.69, 9.17) is 11.5 Å². The van der Waals surface area contributed by atoms with Crippen LogP contribution >= 0.6 is 0 Å². The summed E-state index contributed by atoms with van der Waals surface area (Å²) in [6, 6.07) is 9.48. The van der Waals surface area contributed by atoms with Gasteiger partial charge in [0.05, 0.1) is 0 Å². The van der Waals surface area contributed by atoms with Crippen LogP contribution in [0.25, 0.3) is 0 Å². The van der Waals surface area contributed by atoms with Crippen molar-refractivity contribution in [2.24, 2.45) is 0 Å². The second-order valence-electron chi connectivity index (χ2n) is 4.01. The zero-order valence-electron chi connectivity index (χ0n) is 9.69. The Hall–Kier alpha value is -1.61. The highest BCUT2D eigenvalue weighted by molar-refractivity contribution is 5.85. The second-order valence-corrected chi connectivity index (χ2v) is 4.01. The summed E-state index contributed by atoms with van der Waals surface area (Å²) in [4.78, 5) is 20.8. The molecule has 1 rings (SSSR count). The Bertz CT molecular complexity index is 379. The molecule has 1 aromatic rings. The van der Waals surface area contributed by atoms with Gasteiger partial charge in [0.25, 0.3) is 0 Å². The van der Waals surface area contributed by atoms with Gasteiger partial charge < -0.3 is 9.68 Å². The summed E-state index contributed by atoms with van der Waals surface area (Å²) in [5, 5.41) is 0. The third-order valence-electron chi connectivity index (χ3n) is 2.12. The van der Waals surface area contributed by atoms with Gasteiger partial charge in [0.1, 0.15) is 5.60 Å². The first-order chi connectivity index (χ1) is 7.43. The maximum Gasteiger partial charge on any atom is 0.207 e. The van der Waals surface area contributed by atoms with Crippen molar-refractivity contribution in [3.8, 4) is 0 Å². The van der Waals surface area contributed by atoms with Crippen LogP contribution < -0.4 is 0 Å². The molecule has 0 atom stereocenters. The zero-order chi connectivity index (χ0) is 12.2. The number of benzene rings is 1. The predicted molar refractivity (Wildman–Crippen MR) is 60.1 cm³/mol. The van der Waals surface area contributed by atoms with Gasteiger partial charge in [-0.1, -0.05) is 37.3 Å². The number of carbonyl (C=O) groups is 1. The summed E-state index contributed by atoms with van der Waals surface area (Å²) >= 11 is 0. The Kier molecular flexibility index (Phi) is 3.85. The lowest BCUT2D eigenvalue weighted by Gasteiger charge is -2.25. The van der Waals surface area contributed by atoms with Crippen molar-refractivity contribution < 1.29 is 14.6 Å². The molecule has 0 aliphatic carbocycles. The summed E-state index contributed by atoms with van der Waals surface area (Å²) in [6.45, 7) is 10.3. The highest BCUT2D eigenvalue weighted by atomic mass is 17.2. The largest absolute Gasteiger partial charge is 0.388 e. The standard InChI is InChI=1S/C13H15O3/c1-10(2)12(14)15-16-13(3,4)11-8-6-5-7-9-11/h1,5-9H,2-4H3/q-1. The molecule has 86 valence electrons. The van der Waals surface area contributed by atoms with E-state index >= 15 is 0 Å². The van der Waals surface area contributed by atoms with Crippen LogP contribution in [0.15, 0.2) is 35.9 Å². The van der Waals surface area contributed by atoms with Gasteiger partial charge in [-0.15, -0.1) is 5.57 Å². The predicted octanol–water partition coefficient (Wildman–Crippen LogP) is 2.78. The number of carbonyl (C=O) groups excluding carboxylic acids is 1. The van der Waals surface area contributed by atoms with Gasteiger partial charge in [-0.25, -0.2) is 0 Å². The Labute approximate surface area is 95.6 Å². The minimum Gasteiger partial charge on any atom is -0.388 e. The van der Waals surface area contributed by atoms with E-state index < -0.39 is 11.6 Å². The average molecular weight is 219 g/mol. The fourth-order valence-corrected chi connectivity index (χ4v) is 1.10. The van der Waals surface area contributed by atoms with Crippen LogP contribution in [0.1, 0.15) is 26.3 Å². The van der Waals surface area contributed by atoms with Gasteiger partial charge >= 0.3 is 0 Å². The molecule has 0 bridgehead atoms. The Morgan fingerprint density at radius 2 is 1.81 bits per heavy atom. The summed E-state index contributed by atoms with van der Waals surface area (Å²) in [7, 11) is 0. The molecule has 0 aliphatic heterocycles. The molecule has 0 amide bonds. The molecule has 0 fully saturated rings. The van der Waals surface area contributed by atoms with Crippen molar-refractivity contribution >= 4 is 5.97 Å². The van der Waals surface area contributed by atoms with Crippen molar-refractivity contribution in [3.05, 3.63) is 48.0 Å². The molecule has 0 heterocycles. The monoisotopic (exact) mass is 219 g/mol. The molecule has 0 saturated carbocycles. The Balaban J connectivity index is 2.66. The van der Waals surface area contributed by atoms with Crippen LogP contribution in [-0.4, -0.2) is 5.97 Å². The summed E-state index contributed by atoms with van der Waals surface area (Å²) < 4.78 is 0. The first kappa shape index (κ1) is 12.5. The molecule has 3 heteroatoms. The Morgan fingerprint density at radius 3 is 2.31 bits per heavy atom. The molecule has 0 N–H and O–H groups in total. The van der Waals surface area contributed by atoms with Crippen molar-refractivity contribution in [3.63, 3.8) is 0 Å². The quantitative estimate of drug-likeness (QED) is 0.338. The summed E-state index contributed by atoms with van der Waals surface area (Å²) in [5.41, 5.74) is 0.271. The van der Waals surface area contributed by atoms with Crippen LogP contribution in [0.2, 0.25) is 0 Å². The van der Waals surface area contributed by atoms with Gasteiger partial charge in [-0.3, -0.25) is 6.58 Å². The topological polar surface area (TPSA) is 35.5 Å². The van der Waals surface area contributed by atoms with Crippen molar-refractivity contribution in [2.75, 3.05) is 0 Å². The lowest BCUT2D eigenvalue weighted by atomic mass is 9.99. The van der Waals surface area contributed by atoms with E-state index in [0.717, 1.165) is 5.56 Å². The molecule has 0 aromatic heterocycles. The van der Waals surface area contributed by atoms with Crippen molar-refractivity contribution in [1.29, 1.82) is 0 Å². The molecular weight excluding hydrogens is 204 g/mol. The summed E-state index contributed by atoms with van der Waals surface area (Å²) in [6.07, 6.45) is 0. The van der Waals surface area contributed by atoms with Gasteiger partial charge in [-0.2, -0.15) is 4.89 Å². The van der Waals surface area contributed by atoms with Gasteiger partial charge in [0.15, 0.2) is 0 Å². The van der Waals surface area contributed by atoms with Gasteiger partial charge in [0.2, 0.25) is 5.97 Å². The minimum absolute atomic E-state index is 0.0591. The summed E-state index contributed by atoms with van der Waals surface area (Å²) in [5.74, 6) is -0.663. The van der Waals surface area contributed by atoms with E-state index in [2.05, 4.69) is 4.89 Å². The normalized spacial score (nSPS) is 10.9. The molecule has 1 aromatic carbocycles. The second kappa shape index (κ2) is 4.94.